The van der Waals surface area contributed by atoms with Gasteiger partial charge in [-0.1, -0.05) is 170 Å². The van der Waals surface area contributed by atoms with Crippen LogP contribution in [-0.4, -0.2) is 14.5 Å². The normalized spacial score (nSPS) is 13.6. The lowest BCUT2D eigenvalue weighted by Gasteiger charge is -2.19. The van der Waals surface area contributed by atoms with Gasteiger partial charge in [0.25, 0.3) is 0 Å². The minimum absolute atomic E-state index is 0.298. The smallest absolute Gasteiger partial charge is 0.197 e. The number of rotatable bonds is 6. The fourth-order valence-electron chi connectivity index (χ4n) is 9.83. The van der Waals surface area contributed by atoms with Gasteiger partial charge >= 0.3 is 0 Å². The second kappa shape index (κ2) is 16.6. The summed E-state index contributed by atoms with van der Waals surface area (Å²) in [6.45, 7) is 9.77. The Balaban J connectivity index is 0.00000152. The summed E-state index contributed by atoms with van der Waals surface area (Å²) in [6, 6.07) is 63.0. The summed E-state index contributed by atoms with van der Waals surface area (Å²) in [5.41, 5.74) is 16.3. The van der Waals surface area contributed by atoms with E-state index in [0.29, 0.717) is 17.3 Å². The van der Waals surface area contributed by atoms with E-state index in [1.54, 1.807) is 6.08 Å². The quantitative estimate of drug-likeness (QED) is 0.157. The topological polar surface area (TPSA) is 43.9 Å². The van der Waals surface area contributed by atoms with Gasteiger partial charge in [-0.3, -0.25) is 4.57 Å². The highest BCUT2D eigenvalue weighted by atomic mass is 16.3. The van der Waals surface area contributed by atoms with Crippen LogP contribution in [0.5, 0.6) is 0 Å². The second-order valence-electron chi connectivity index (χ2n) is 16.9. The zero-order chi connectivity index (χ0) is 44.0. The molecule has 0 fully saturated rings. The third-order valence-electron chi connectivity index (χ3n) is 12.9. The van der Waals surface area contributed by atoms with E-state index in [1.807, 2.05) is 19.1 Å². The first-order valence-electron chi connectivity index (χ1n) is 22.4. The number of aromatic nitrogens is 3. The van der Waals surface area contributed by atoms with Gasteiger partial charge in [0.05, 0.1) is 11.0 Å². The Morgan fingerprint density at radius 3 is 1.94 bits per heavy atom. The fourth-order valence-corrected chi connectivity index (χ4v) is 9.83. The summed E-state index contributed by atoms with van der Waals surface area (Å²) in [4.78, 5) is 10.9. The lowest BCUT2D eigenvalue weighted by molar-refractivity contribution is 0.662. The second-order valence-corrected chi connectivity index (χ2v) is 16.9. The first kappa shape index (κ1) is 39.7. The molecule has 3 heterocycles. The zero-order valence-corrected chi connectivity index (χ0v) is 36.8. The van der Waals surface area contributed by atoms with Crippen molar-refractivity contribution in [2.45, 2.75) is 33.1 Å². The third-order valence-corrected chi connectivity index (χ3v) is 12.9. The zero-order valence-electron chi connectivity index (χ0n) is 36.8. The van der Waals surface area contributed by atoms with Crippen molar-refractivity contribution < 1.29 is 4.42 Å². The minimum atomic E-state index is 0.298. The summed E-state index contributed by atoms with van der Waals surface area (Å²) in [6.07, 6.45) is 9.41. The molecule has 4 nitrogen and oxygen atoms in total. The van der Waals surface area contributed by atoms with E-state index in [0.717, 1.165) is 56.3 Å². The monoisotopic (exact) mass is 837 g/mol. The highest BCUT2D eigenvalue weighted by molar-refractivity contribution is 6.26. The van der Waals surface area contributed by atoms with Crippen molar-refractivity contribution in [3.63, 3.8) is 0 Å². The molecular weight excluding hydrogens is 791 g/mol. The van der Waals surface area contributed by atoms with E-state index in [2.05, 4.69) is 207 Å². The Morgan fingerprint density at radius 2 is 1.25 bits per heavy atom. The maximum Gasteiger partial charge on any atom is 0.197 e. The van der Waals surface area contributed by atoms with Crippen molar-refractivity contribution in [3.8, 4) is 39.2 Å². The van der Waals surface area contributed by atoms with Crippen LogP contribution >= 0.6 is 0 Å². The van der Waals surface area contributed by atoms with Gasteiger partial charge in [0.1, 0.15) is 11.1 Å². The number of nitrogens with zero attached hydrogens (tertiary/aromatic N) is 3. The lowest BCUT2D eigenvalue weighted by atomic mass is 9.87. The van der Waals surface area contributed by atoms with Gasteiger partial charge in [-0.2, -0.15) is 0 Å². The van der Waals surface area contributed by atoms with Crippen LogP contribution in [0.3, 0.4) is 0 Å². The van der Waals surface area contributed by atoms with Crippen LogP contribution in [0.4, 0.5) is 0 Å². The van der Waals surface area contributed by atoms with Gasteiger partial charge in [0.2, 0.25) is 0 Å². The average molecular weight is 838 g/mol. The molecule has 4 heteroatoms. The lowest BCUT2D eigenvalue weighted by Crippen LogP contribution is -2.06. The molecule has 0 aliphatic heterocycles. The van der Waals surface area contributed by atoms with Gasteiger partial charge in [0.15, 0.2) is 17.2 Å². The van der Waals surface area contributed by atoms with Crippen molar-refractivity contribution in [1.29, 1.82) is 0 Å². The van der Waals surface area contributed by atoms with Crippen molar-refractivity contribution in [3.05, 3.63) is 229 Å². The number of hydrogen-bond acceptors (Lipinski definition) is 3. The van der Waals surface area contributed by atoms with Crippen LogP contribution in [0.2, 0.25) is 0 Å². The predicted octanol–water partition coefficient (Wildman–Crippen LogP) is 16.6. The van der Waals surface area contributed by atoms with Gasteiger partial charge < -0.3 is 4.42 Å². The van der Waals surface area contributed by atoms with Gasteiger partial charge in [-0.25, -0.2) is 9.97 Å². The predicted molar refractivity (Wildman–Crippen MR) is 274 cm³/mol. The molecule has 11 aromatic rings. The van der Waals surface area contributed by atoms with Crippen LogP contribution in [0.1, 0.15) is 41.8 Å². The van der Waals surface area contributed by atoms with Crippen molar-refractivity contribution >= 4 is 60.2 Å². The van der Waals surface area contributed by atoms with Crippen LogP contribution in [0.15, 0.2) is 211 Å². The molecule has 1 aliphatic carbocycles. The molecule has 0 saturated heterocycles. The maximum absolute atomic E-state index is 6.86. The molecule has 0 spiro atoms. The molecule has 1 atom stereocenters. The molecule has 1 unspecified atom stereocenters. The SMILES string of the molecule is C=CC.Cc1ccc(-c2ccccc2)cc1-c1c(C)c2c(c3ccccc13)c1cc(-c3ccccc3)ccc1n2-c1nc(C2=CCC(c3ccccc3)C=C2)nc2c1oc1ccccc12. The summed E-state index contributed by atoms with van der Waals surface area (Å²) in [7, 11) is 0. The van der Waals surface area contributed by atoms with E-state index in [1.165, 1.54) is 60.7 Å². The Kier molecular flexibility index (Phi) is 10.1. The van der Waals surface area contributed by atoms with Gasteiger partial charge in [-0.15, -0.1) is 6.58 Å². The van der Waals surface area contributed by atoms with Gasteiger partial charge in [-0.05, 0) is 118 Å². The molecule has 8 aromatic carbocycles. The number of allylic oxidation sites excluding steroid dienone is 5. The Labute approximate surface area is 379 Å². The molecule has 0 radical (unpaired) electrons. The Morgan fingerprint density at radius 1 is 0.631 bits per heavy atom. The van der Waals surface area contributed by atoms with E-state index < -0.39 is 0 Å². The average Bonchev–Trinajstić information content (AvgIpc) is 3.92. The fraction of sp³-hybridized carbons (Fsp3) is 0.0820. The molecule has 65 heavy (non-hydrogen) atoms. The molecule has 312 valence electrons. The van der Waals surface area contributed by atoms with Crippen molar-refractivity contribution in [2.75, 3.05) is 0 Å². The van der Waals surface area contributed by atoms with Crippen LogP contribution in [0.25, 0.3) is 99.4 Å². The molecule has 0 amide bonds. The molecular formula is C61H47N3O. The molecule has 0 saturated carbocycles. The van der Waals surface area contributed by atoms with Crippen molar-refractivity contribution in [2.24, 2.45) is 0 Å². The standard InChI is InChI=1S/C58H41N3O.C3H6/c1-36-26-27-43(39-18-8-4-9-19-39)34-48(36)52-37(2)55-53(46-23-13-12-22-45(46)52)49-35-44(40-20-10-5-11-21-40)32-33-50(49)61(55)58-56-54(47-24-14-15-25-51(47)62-56)59-57(60-58)42-30-28-41(29-31-42)38-16-6-3-7-17-38;1-3-2/h3-28,30-35,41H,29H2,1-2H3;3H,1H2,2H3. The maximum atomic E-state index is 6.86. The first-order valence-corrected chi connectivity index (χ1v) is 22.4. The molecule has 3 aromatic heterocycles. The number of hydrogen-bond donors (Lipinski definition) is 0. The van der Waals surface area contributed by atoms with Crippen molar-refractivity contribution in [1.82, 2.24) is 14.5 Å². The summed E-state index contributed by atoms with van der Waals surface area (Å²) < 4.78 is 9.23. The number of fused-ring (bicyclic) bond motifs is 8. The Bertz CT molecular complexity index is 3670. The van der Waals surface area contributed by atoms with E-state index in [-0.39, 0.29) is 0 Å². The minimum Gasteiger partial charge on any atom is -0.450 e. The van der Waals surface area contributed by atoms with Gasteiger partial charge in [0, 0.05) is 27.6 Å². The number of aryl methyl sites for hydroxylation is 2. The third kappa shape index (κ3) is 6.86. The highest BCUT2D eigenvalue weighted by Gasteiger charge is 2.27. The summed E-state index contributed by atoms with van der Waals surface area (Å²) in [5.74, 6) is 1.71. The van der Waals surface area contributed by atoms with E-state index in [4.69, 9.17) is 14.4 Å². The van der Waals surface area contributed by atoms with Crippen LogP contribution < -0.4 is 0 Å². The van der Waals surface area contributed by atoms with Crippen LogP contribution in [-0.2, 0) is 0 Å². The number of para-hydroxylation sites is 1. The largest absolute Gasteiger partial charge is 0.450 e. The van der Waals surface area contributed by atoms with E-state index >= 15 is 0 Å². The number of furan rings is 1. The highest BCUT2D eigenvalue weighted by Crippen LogP contribution is 2.47. The molecule has 1 aliphatic rings. The summed E-state index contributed by atoms with van der Waals surface area (Å²) >= 11 is 0. The van der Waals surface area contributed by atoms with Crippen LogP contribution in [0, 0.1) is 13.8 Å². The molecule has 0 bridgehead atoms. The Hall–Kier alpha value is -8.08. The molecule has 12 rings (SSSR count). The molecule has 0 N–H and O–H groups in total. The first-order chi connectivity index (χ1) is 32.0. The van der Waals surface area contributed by atoms with E-state index in [9.17, 15) is 0 Å². The summed E-state index contributed by atoms with van der Waals surface area (Å²) in [5, 5.41) is 5.74. The number of benzene rings is 8.